The first kappa shape index (κ1) is 8.97. The average Bonchev–Trinajstić information content (AvgIpc) is 2.52. The average molecular weight is 252 g/mol. The van der Waals surface area contributed by atoms with Gasteiger partial charge in [0.25, 0.3) is 0 Å². The molecule has 1 aromatic carbocycles. The summed E-state index contributed by atoms with van der Waals surface area (Å²) in [5.74, 6) is 0. The Balaban J connectivity index is 2.59. The third-order valence-electron chi connectivity index (χ3n) is 1.96. The summed E-state index contributed by atoms with van der Waals surface area (Å²) in [4.78, 5) is 0. The van der Waals surface area contributed by atoms with E-state index < -0.39 is 0 Å². The van der Waals surface area contributed by atoms with Gasteiger partial charge in [-0.25, -0.2) is 0 Å². The summed E-state index contributed by atoms with van der Waals surface area (Å²) in [6, 6.07) is 8.26. The van der Waals surface area contributed by atoms with Gasteiger partial charge in [-0.15, -0.1) is 11.3 Å². The third kappa shape index (κ3) is 1.69. The predicted molar refractivity (Wildman–Crippen MR) is 61.0 cm³/mol. The highest BCUT2D eigenvalue weighted by molar-refractivity contribution is 9.10. The molecule has 0 aliphatic rings. The topological polar surface area (TPSA) is 0 Å². The van der Waals surface area contributed by atoms with Crippen molar-refractivity contribution in [3.05, 3.63) is 45.1 Å². The zero-order valence-electron chi connectivity index (χ0n) is 7.17. The van der Waals surface area contributed by atoms with Crippen LogP contribution in [0.3, 0.4) is 0 Å². The number of halogens is 1. The van der Waals surface area contributed by atoms with E-state index in [1.807, 2.05) is 6.07 Å². The van der Waals surface area contributed by atoms with Crippen molar-refractivity contribution < 1.29 is 0 Å². The first-order chi connectivity index (χ1) is 6.29. The fraction of sp³-hybridized carbons (Fsp3) is 0.0909. The van der Waals surface area contributed by atoms with Gasteiger partial charge in [0, 0.05) is 9.85 Å². The number of hydrogen-bond donors (Lipinski definition) is 0. The van der Waals surface area contributed by atoms with Gasteiger partial charge in [-0.1, -0.05) is 34.1 Å². The molecule has 0 N–H and O–H groups in total. The summed E-state index contributed by atoms with van der Waals surface area (Å²) < 4.78 is 1.14. The van der Waals surface area contributed by atoms with Crippen molar-refractivity contribution in [2.45, 2.75) is 6.92 Å². The molecule has 0 aliphatic carbocycles. The van der Waals surface area contributed by atoms with Crippen LogP contribution in [0.15, 0.2) is 34.1 Å². The molecule has 1 heterocycles. The number of rotatable bonds is 1. The Morgan fingerprint density at radius 3 is 2.62 bits per heavy atom. The van der Waals surface area contributed by atoms with Gasteiger partial charge in [0.15, 0.2) is 0 Å². The molecule has 0 saturated carbocycles. The van der Waals surface area contributed by atoms with Crippen LogP contribution in [-0.2, 0) is 0 Å². The normalized spacial score (nSPS) is 10.3. The summed E-state index contributed by atoms with van der Waals surface area (Å²) in [6.07, 6.45) is 0. The van der Waals surface area contributed by atoms with E-state index in [9.17, 15) is 0 Å². The molecule has 1 aromatic heterocycles. The van der Waals surface area contributed by atoms with Crippen molar-refractivity contribution in [3.8, 4) is 11.1 Å². The molecule has 65 valence electrons. The number of benzene rings is 1. The van der Waals surface area contributed by atoms with Crippen LogP contribution in [0.2, 0.25) is 0 Å². The van der Waals surface area contributed by atoms with E-state index in [0.717, 1.165) is 4.47 Å². The van der Waals surface area contributed by atoms with E-state index in [1.54, 1.807) is 11.3 Å². The first-order valence-electron chi connectivity index (χ1n) is 3.99. The molecule has 0 saturated heterocycles. The molecule has 0 aliphatic heterocycles. The molecule has 2 rings (SSSR count). The fourth-order valence-electron chi connectivity index (χ4n) is 1.27. The molecule has 2 heteroatoms. The van der Waals surface area contributed by atoms with E-state index >= 15 is 0 Å². The van der Waals surface area contributed by atoms with E-state index in [1.165, 1.54) is 16.7 Å². The Bertz CT molecular complexity index is 418. The van der Waals surface area contributed by atoms with Crippen LogP contribution in [0.1, 0.15) is 5.56 Å². The molecule has 0 unspecified atom stereocenters. The minimum Gasteiger partial charge on any atom is -0.142 e. The maximum absolute atomic E-state index is 3.54. The number of aryl methyl sites for hydroxylation is 1. The molecule has 13 heavy (non-hydrogen) atoms. The number of hydrogen-bond acceptors (Lipinski definition) is 1. The molecule has 0 spiro atoms. The van der Waals surface area contributed by atoms with Crippen molar-refractivity contribution in [3.63, 3.8) is 0 Å². The Labute approximate surface area is 90.4 Å². The van der Waals surface area contributed by atoms with Crippen molar-refractivity contribution in [2.24, 2.45) is 0 Å². The van der Waals surface area contributed by atoms with E-state index in [0.29, 0.717) is 0 Å². The quantitative estimate of drug-likeness (QED) is 0.710. The van der Waals surface area contributed by atoms with Gasteiger partial charge in [-0.05, 0) is 35.1 Å². The molecule has 0 nitrogen and oxygen atoms in total. The van der Waals surface area contributed by atoms with Crippen LogP contribution in [0, 0.1) is 12.3 Å². The van der Waals surface area contributed by atoms with E-state index in [4.69, 9.17) is 0 Å². The Morgan fingerprint density at radius 1 is 1.23 bits per heavy atom. The van der Waals surface area contributed by atoms with Gasteiger partial charge in [-0.3, -0.25) is 0 Å². The maximum Gasteiger partial charge on any atom is 0.0481 e. The minimum absolute atomic E-state index is 1.14. The lowest BCUT2D eigenvalue weighted by atomic mass is 10.1. The smallest absolute Gasteiger partial charge is 0.0481 e. The molecule has 0 amide bonds. The number of thiophene rings is 1. The van der Waals surface area contributed by atoms with E-state index in [2.05, 4.69) is 51.8 Å². The highest BCUT2D eigenvalue weighted by atomic mass is 79.9. The van der Waals surface area contributed by atoms with Crippen molar-refractivity contribution >= 4 is 27.3 Å². The maximum atomic E-state index is 3.54. The largest absolute Gasteiger partial charge is 0.142 e. The van der Waals surface area contributed by atoms with Crippen LogP contribution in [0.4, 0.5) is 0 Å². The highest BCUT2D eigenvalue weighted by Crippen LogP contribution is 2.31. The Hall–Kier alpha value is -0.600. The summed E-state index contributed by atoms with van der Waals surface area (Å²) in [6.45, 7) is 2.09. The lowest BCUT2D eigenvalue weighted by Gasteiger charge is -2.02. The van der Waals surface area contributed by atoms with Crippen LogP contribution >= 0.6 is 27.3 Å². The van der Waals surface area contributed by atoms with Crippen LogP contribution in [-0.4, -0.2) is 0 Å². The summed E-state index contributed by atoms with van der Waals surface area (Å²) in [7, 11) is 0. The second-order valence-electron chi connectivity index (χ2n) is 2.86. The van der Waals surface area contributed by atoms with Gasteiger partial charge >= 0.3 is 0 Å². The first-order valence-corrected chi connectivity index (χ1v) is 5.67. The van der Waals surface area contributed by atoms with Crippen LogP contribution < -0.4 is 0 Å². The summed E-state index contributed by atoms with van der Waals surface area (Å²) in [5, 5.41) is 5.35. The second-order valence-corrected chi connectivity index (χ2v) is 4.39. The molecule has 0 atom stereocenters. The van der Waals surface area contributed by atoms with Crippen molar-refractivity contribution in [1.82, 2.24) is 0 Å². The molecular formula is C11H8BrS. The third-order valence-corrected chi connectivity index (χ3v) is 3.43. The van der Waals surface area contributed by atoms with Crippen LogP contribution in [0.5, 0.6) is 0 Å². The fourth-order valence-corrected chi connectivity index (χ4v) is 2.53. The SMILES string of the molecule is Cc1[c]scc1-c1ccccc1Br. The molecular weight excluding hydrogens is 244 g/mol. The zero-order chi connectivity index (χ0) is 9.26. The van der Waals surface area contributed by atoms with Gasteiger partial charge < -0.3 is 0 Å². The lowest BCUT2D eigenvalue weighted by Crippen LogP contribution is -1.78. The van der Waals surface area contributed by atoms with Gasteiger partial charge in [0.1, 0.15) is 0 Å². The second kappa shape index (κ2) is 3.64. The van der Waals surface area contributed by atoms with E-state index in [-0.39, 0.29) is 0 Å². The van der Waals surface area contributed by atoms with Gasteiger partial charge in [0.2, 0.25) is 0 Å². The standard InChI is InChI=1S/C11H8BrS/c1-8-6-13-7-10(8)9-4-2-3-5-11(9)12/h2-5,7H,1H3. The monoisotopic (exact) mass is 251 g/mol. The minimum atomic E-state index is 1.14. The van der Waals surface area contributed by atoms with Crippen LogP contribution in [0.25, 0.3) is 11.1 Å². The Kier molecular flexibility index (Phi) is 2.51. The van der Waals surface area contributed by atoms with Gasteiger partial charge in [0.05, 0.1) is 0 Å². The summed E-state index contributed by atoms with van der Waals surface area (Å²) >= 11 is 5.17. The highest BCUT2D eigenvalue weighted by Gasteiger charge is 2.05. The predicted octanol–water partition coefficient (Wildman–Crippen LogP) is 4.29. The van der Waals surface area contributed by atoms with Gasteiger partial charge in [-0.2, -0.15) is 0 Å². The van der Waals surface area contributed by atoms with Crippen molar-refractivity contribution in [1.29, 1.82) is 0 Å². The molecule has 1 radical (unpaired) electrons. The summed E-state index contributed by atoms with van der Waals surface area (Å²) in [5.41, 5.74) is 3.74. The van der Waals surface area contributed by atoms with Crippen molar-refractivity contribution in [2.75, 3.05) is 0 Å². The Morgan fingerprint density at radius 2 is 2.00 bits per heavy atom. The molecule has 0 fully saturated rings. The zero-order valence-corrected chi connectivity index (χ0v) is 9.58. The molecule has 2 aromatic rings. The molecule has 0 bridgehead atoms. The lowest BCUT2D eigenvalue weighted by molar-refractivity contribution is 1.51.